The third-order valence-electron chi connectivity index (χ3n) is 6.27. The van der Waals surface area contributed by atoms with Crippen molar-refractivity contribution in [3.63, 3.8) is 0 Å². The van der Waals surface area contributed by atoms with Crippen molar-refractivity contribution < 1.29 is 19.4 Å². The molecule has 0 saturated heterocycles. The Hall–Kier alpha value is -3.46. The van der Waals surface area contributed by atoms with Gasteiger partial charge in [0.25, 0.3) is 5.91 Å². The van der Waals surface area contributed by atoms with Crippen LogP contribution in [-0.2, 0) is 6.42 Å². The standard InChI is InChI=1S/C25H31N5O4/c1-5-25(3)10-15-9-18(23(30-22(15)34-25)33-17-11-24(2,32)12-17)21(31)29-20-8-6-7-19(28-20)16(13-26)14-27-4/h6-9,13-14,17,32H,5,10-12,26H2,1-4H3,(H,28,29,31). The van der Waals surface area contributed by atoms with E-state index < -0.39 is 11.5 Å². The van der Waals surface area contributed by atoms with Crippen LogP contribution in [0.3, 0.4) is 0 Å². The lowest BCUT2D eigenvalue weighted by atomic mass is 9.79. The average Bonchev–Trinajstić information content (AvgIpc) is 3.11. The Bertz CT molecular complexity index is 1150. The molecule has 1 atom stereocenters. The first kappa shape index (κ1) is 23.7. The highest BCUT2D eigenvalue weighted by atomic mass is 16.5. The summed E-state index contributed by atoms with van der Waals surface area (Å²) in [5.41, 5.74) is 6.92. The van der Waals surface area contributed by atoms with Crippen LogP contribution in [0, 0.1) is 0 Å². The minimum Gasteiger partial charge on any atom is -0.473 e. The van der Waals surface area contributed by atoms with Crippen molar-refractivity contribution in [2.75, 3.05) is 12.4 Å². The van der Waals surface area contributed by atoms with Gasteiger partial charge in [0.05, 0.1) is 11.3 Å². The fourth-order valence-electron chi connectivity index (χ4n) is 4.20. The number of carbonyl (C=O) groups excluding carboxylic acids is 1. The molecule has 1 saturated carbocycles. The summed E-state index contributed by atoms with van der Waals surface area (Å²) in [5.74, 6) is 0.639. The Morgan fingerprint density at radius 1 is 1.38 bits per heavy atom. The first-order chi connectivity index (χ1) is 16.1. The van der Waals surface area contributed by atoms with Crippen LogP contribution in [-0.4, -0.2) is 51.6 Å². The molecule has 1 unspecified atom stereocenters. The number of nitrogens with two attached hydrogens (primary N) is 1. The molecule has 9 nitrogen and oxygen atoms in total. The van der Waals surface area contributed by atoms with E-state index in [0.29, 0.717) is 47.8 Å². The zero-order valence-corrected chi connectivity index (χ0v) is 20.0. The molecule has 2 aromatic heterocycles. The van der Waals surface area contributed by atoms with Crippen molar-refractivity contribution in [2.45, 2.75) is 63.8 Å². The van der Waals surface area contributed by atoms with Crippen LogP contribution in [0.25, 0.3) is 5.57 Å². The van der Waals surface area contributed by atoms with Crippen LogP contribution in [0.5, 0.6) is 11.8 Å². The summed E-state index contributed by atoms with van der Waals surface area (Å²) < 4.78 is 12.1. The topological polar surface area (TPSA) is 132 Å². The molecule has 1 amide bonds. The maximum absolute atomic E-state index is 13.3. The van der Waals surface area contributed by atoms with Crippen molar-refractivity contribution in [1.29, 1.82) is 0 Å². The zero-order valence-electron chi connectivity index (χ0n) is 20.0. The Morgan fingerprint density at radius 2 is 2.15 bits per heavy atom. The molecule has 3 heterocycles. The molecule has 1 aliphatic heterocycles. The fraction of sp³-hybridized carbons (Fsp3) is 0.440. The van der Waals surface area contributed by atoms with E-state index in [1.807, 2.05) is 6.92 Å². The molecule has 2 aliphatic rings. The summed E-state index contributed by atoms with van der Waals surface area (Å²) in [4.78, 5) is 26.4. The molecule has 4 rings (SSSR count). The number of pyridine rings is 2. The number of rotatable bonds is 7. The zero-order chi connectivity index (χ0) is 24.5. The highest BCUT2D eigenvalue weighted by molar-refractivity contribution is 6.09. The van der Waals surface area contributed by atoms with Crippen LogP contribution in [0.15, 0.2) is 35.5 Å². The summed E-state index contributed by atoms with van der Waals surface area (Å²) in [6, 6.07) is 7.04. The van der Waals surface area contributed by atoms with Gasteiger partial charge in [-0.25, -0.2) is 4.98 Å². The van der Waals surface area contributed by atoms with Gasteiger partial charge >= 0.3 is 0 Å². The van der Waals surface area contributed by atoms with Gasteiger partial charge in [-0.3, -0.25) is 9.79 Å². The van der Waals surface area contributed by atoms with Crippen LogP contribution >= 0.6 is 0 Å². The first-order valence-electron chi connectivity index (χ1n) is 11.4. The fourth-order valence-corrected chi connectivity index (χ4v) is 4.20. The van der Waals surface area contributed by atoms with Crippen molar-refractivity contribution >= 4 is 23.5 Å². The van der Waals surface area contributed by atoms with Gasteiger partial charge in [-0.2, -0.15) is 4.98 Å². The van der Waals surface area contributed by atoms with Gasteiger partial charge in [0.2, 0.25) is 11.8 Å². The summed E-state index contributed by atoms with van der Waals surface area (Å²) in [6.45, 7) is 5.84. The van der Waals surface area contributed by atoms with Crippen molar-refractivity contribution in [3.8, 4) is 11.8 Å². The quantitative estimate of drug-likeness (QED) is 0.535. The Labute approximate surface area is 199 Å². The van der Waals surface area contributed by atoms with Gasteiger partial charge in [-0.05, 0) is 38.5 Å². The number of nitrogens with zero attached hydrogens (tertiary/aromatic N) is 3. The second-order valence-electron chi connectivity index (χ2n) is 9.40. The molecule has 0 aromatic carbocycles. The molecular weight excluding hydrogens is 434 g/mol. The van der Waals surface area contributed by atoms with E-state index in [1.54, 1.807) is 44.5 Å². The summed E-state index contributed by atoms with van der Waals surface area (Å²) in [5, 5.41) is 12.9. The highest BCUT2D eigenvalue weighted by Crippen LogP contribution is 2.40. The normalized spacial score (nSPS) is 26.0. The number of aliphatic imine (C=N–C) groups is 1. The van der Waals surface area contributed by atoms with Crippen molar-refractivity contribution in [3.05, 3.63) is 47.3 Å². The highest BCUT2D eigenvalue weighted by Gasteiger charge is 2.42. The number of hydrogen-bond acceptors (Lipinski definition) is 8. The van der Waals surface area contributed by atoms with Gasteiger partial charge in [0.15, 0.2) is 0 Å². The number of amides is 1. The molecule has 1 fully saturated rings. The van der Waals surface area contributed by atoms with E-state index in [0.717, 1.165) is 12.0 Å². The number of fused-ring (bicyclic) bond motifs is 1. The molecule has 180 valence electrons. The molecule has 34 heavy (non-hydrogen) atoms. The number of hydrogen-bond donors (Lipinski definition) is 3. The van der Waals surface area contributed by atoms with Crippen LogP contribution < -0.4 is 20.5 Å². The maximum Gasteiger partial charge on any atom is 0.262 e. The monoisotopic (exact) mass is 465 g/mol. The molecule has 4 N–H and O–H groups in total. The van der Waals surface area contributed by atoms with E-state index in [4.69, 9.17) is 15.2 Å². The van der Waals surface area contributed by atoms with E-state index in [-0.39, 0.29) is 17.6 Å². The lowest BCUT2D eigenvalue weighted by molar-refractivity contribution is -0.0904. The Morgan fingerprint density at radius 3 is 2.79 bits per heavy atom. The van der Waals surface area contributed by atoms with Crippen molar-refractivity contribution in [1.82, 2.24) is 9.97 Å². The average molecular weight is 466 g/mol. The van der Waals surface area contributed by atoms with E-state index in [2.05, 4.69) is 27.2 Å². The first-order valence-corrected chi connectivity index (χ1v) is 11.4. The Balaban J connectivity index is 1.62. The number of nitrogens with one attached hydrogen (secondary N) is 1. The predicted octanol–water partition coefficient (Wildman–Crippen LogP) is 3.12. The third-order valence-corrected chi connectivity index (χ3v) is 6.27. The second-order valence-corrected chi connectivity index (χ2v) is 9.40. The van der Waals surface area contributed by atoms with Gasteiger partial charge in [-0.1, -0.05) is 13.0 Å². The largest absolute Gasteiger partial charge is 0.473 e. The van der Waals surface area contributed by atoms with E-state index in [9.17, 15) is 9.90 Å². The van der Waals surface area contributed by atoms with Crippen LogP contribution in [0.1, 0.15) is 61.6 Å². The summed E-state index contributed by atoms with van der Waals surface area (Å²) in [7, 11) is 1.65. The van der Waals surface area contributed by atoms with E-state index in [1.165, 1.54) is 6.20 Å². The van der Waals surface area contributed by atoms with Gasteiger partial charge < -0.3 is 25.6 Å². The molecular formula is C25H31N5O4. The number of anilines is 1. The number of ether oxygens (including phenoxy) is 2. The van der Waals surface area contributed by atoms with Gasteiger partial charge in [0, 0.05) is 49.9 Å². The smallest absolute Gasteiger partial charge is 0.262 e. The maximum atomic E-state index is 13.3. The SMILES string of the molecule is CCC1(C)Cc2cc(C(=O)Nc3cccc(C(C=NC)=CN)n3)c(OC3CC(C)(O)C3)nc2O1. The number of carbonyl (C=O) groups is 1. The van der Waals surface area contributed by atoms with Crippen molar-refractivity contribution in [2.24, 2.45) is 10.7 Å². The lowest BCUT2D eigenvalue weighted by Gasteiger charge is -2.40. The van der Waals surface area contributed by atoms with Crippen LogP contribution in [0.2, 0.25) is 0 Å². The van der Waals surface area contributed by atoms with Gasteiger partial charge in [0.1, 0.15) is 23.1 Å². The second kappa shape index (κ2) is 9.06. The molecule has 2 aromatic rings. The number of aliphatic hydroxyl groups is 1. The minimum absolute atomic E-state index is 0.189. The number of allylic oxidation sites excluding steroid dienone is 1. The molecule has 0 spiro atoms. The predicted molar refractivity (Wildman–Crippen MR) is 130 cm³/mol. The number of aromatic nitrogens is 2. The third kappa shape index (κ3) is 4.89. The lowest BCUT2D eigenvalue weighted by Crippen LogP contribution is -2.47. The molecule has 9 heteroatoms. The molecule has 0 bridgehead atoms. The summed E-state index contributed by atoms with van der Waals surface area (Å²) >= 11 is 0. The van der Waals surface area contributed by atoms with Crippen LogP contribution in [0.4, 0.5) is 5.82 Å². The molecule has 1 aliphatic carbocycles. The van der Waals surface area contributed by atoms with Gasteiger partial charge in [-0.15, -0.1) is 0 Å². The minimum atomic E-state index is -0.762. The summed E-state index contributed by atoms with van der Waals surface area (Å²) in [6.07, 6.45) is 5.19. The van der Waals surface area contributed by atoms with E-state index >= 15 is 0 Å². The molecule has 0 radical (unpaired) electrons. The Kier molecular flexibility index (Phi) is 6.31.